The molecule has 2 aromatic carbocycles. The van der Waals surface area contributed by atoms with E-state index in [1.165, 1.54) is 30.3 Å². The maximum atomic E-state index is 12.1. The second kappa shape index (κ2) is 9.46. The third-order valence-corrected chi connectivity index (χ3v) is 5.45. The summed E-state index contributed by atoms with van der Waals surface area (Å²) in [6.45, 7) is 3.66. The highest BCUT2D eigenvalue weighted by atomic mass is 32.2. The van der Waals surface area contributed by atoms with Gasteiger partial charge in [-0.05, 0) is 56.2 Å². The number of carbonyl (C=O) groups excluding carboxylic acids is 2. The van der Waals surface area contributed by atoms with E-state index in [1.807, 2.05) is 54.6 Å². The van der Waals surface area contributed by atoms with Crippen molar-refractivity contribution in [2.45, 2.75) is 29.9 Å². The molecule has 6 heteroatoms. The van der Waals surface area contributed by atoms with Crippen LogP contribution in [0.5, 0.6) is 0 Å². The summed E-state index contributed by atoms with van der Waals surface area (Å²) in [6, 6.07) is 17.4. The second-order valence-electron chi connectivity index (χ2n) is 6.47. The third kappa shape index (κ3) is 5.76. The average molecular weight is 385 g/mol. The van der Waals surface area contributed by atoms with Crippen LogP contribution < -0.4 is 10.2 Å². The van der Waals surface area contributed by atoms with Gasteiger partial charge in [0.15, 0.2) is 6.61 Å². The average Bonchev–Trinajstić information content (AvgIpc) is 3.22. The van der Waals surface area contributed by atoms with Gasteiger partial charge < -0.3 is 15.0 Å². The SMILES string of the molecule is C[C@H](Sc1ccccc1)C(=O)OCC(=O)Nc1ccc(N2CCCC2)cc1. The Balaban J connectivity index is 1.42. The molecule has 1 heterocycles. The number of hydrogen-bond donors (Lipinski definition) is 1. The summed E-state index contributed by atoms with van der Waals surface area (Å²) in [4.78, 5) is 27.4. The lowest BCUT2D eigenvalue weighted by Gasteiger charge is -2.17. The molecule has 1 atom stereocenters. The quantitative estimate of drug-likeness (QED) is 0.579. The summed E-state index contributed by atoms with van der Waals surface area (Å²) >= 11 is 1.41. The van der Waals surface area contributed by atoms with Crippen molar-refractivity contribution in [1.29, 1.82) is 0 Å². The molecule has 0 aromatic heterocycles. The molecule has 2 aromatic rings. The number of rotatable bonds is 7. The normalized spacial score (nSPS) is 14.6. The van der Waals surface area contributed by atoms with Crippen LogP contribution in [-0.2, 0) is 14.3 Å². The van der Waals surface area contributed by atoms with E-state index in [1.54, 1.807) is 6.92 Å². The van der Waals surface area contributed by atoms with Crippen LogP contribution in [0.2, 0.25) is 0 Å². The molecule has 0 saturated carbocycles. The number of thioether (sulfide) groups is 1. The number of anilines is 2. The number of amides is 1. The van der Waals surface area contributed by atoms with Gasteiger partial charge in [-0.1, -0.05) is 18.2 Å². The first-order valence-corrected chi connectivity index (χ1v) is 10.0. The van der Waals surface area contributed by atoms with Gasteiger partial charge in [0.2, 0.25) is 0 Å². The molecule has 0 unspecified atom stereocenters. The highest BCUT2D eigenvalue weighted by molar-refractivity contribution is 8.00. The van der Waals surface area contributed by atoms with Crippen molar-refractivity contribution in [3.05, 3.63) is 54.6 Å². The van der Waals surface area contributed by atoms with Crippen molar-refractivity contribution in [3.8, 4) is 0 Å². The molecular formula is C21H24N2O3S. The molecule has 1 saturated heterocycles. The van der Waals surface area contributed by atoms with E-state index in [4.69, 9.17) is 4.74 Å². The minimum absolute atomic E-state index is 0.285. The third-order valence-electron chi connectivity index (χ3n) is 4.36. The summed E-state index contributed by atoms with van der Waals surface area (Å²) in [5.74, 6) is -0.738. The van der Waals surface area contributed by atoms with Crippen LogP contribution in [0.3, 0.4) is 0 Å². The largest absolute Gasteiger partial charge is 0.455 e. The molecule has 1 aliphatic heterocycles. The number of benzene rings is 2. The van der Waals surface area contributed by atoms with Crippen LogP contribution in [0.15, 0.2) is 59.5 Å². The minimum atomic E-state index is -0.400. The number of nitrogens with one attached hydrogen (secondary N) is 1. The molecule has 142 valence electrons. The molecule has 27 heavy (non-hydrogen) atoms. The molecule has 0 spiro atoms. The van der Waals surface area contributed by atoms with Gasteiger partial charge in [-0.2, -0.15) is 0 Å². The monoisotopic (exact) mass is 384 g/mol. The highest BCUT2D eigenvalue weighted by Crippen LogP contribution is 2.24. The van der Waals surface area contributed by atoms with Crippen molar-refractivity contribution in [3.63, 3.8) is 0 Å². The van der Waals surface area contributed by atoms with Crippen LogP contribution in [0, 0.1) is 0 Å². The number of esters is 1. The van der Waals surface area contributed by atoms with E-state index >= 15 is 0 Å². The predicted molar refractivity (Wildman–Crippen MR) is 109 cm³/mol. The van der Waals surface area contributed by atoms with E-state index in [-0.39, 0.29) is 17.8 Å². The van der Waals surface area contributed by atoms with Gasteiger partial charge in [0.1, 0.15) is 5.25 Å². The van der Waals surface area contributed by atoms with Crippen molar-refractivity contribution < 1.29 is 14.3 Å². The zero-order valence-corrected chi connectivity index (χ0v) is 16.2. The molecule has 1 aliphatic rings. The molecule has 1 amide bonds. The van der Waals surface area contributed by atoms with E-state index in [2.05, 4.69) is 10.2 Å². The van der Waals surface area contributed by atoms with E-state index in [0.717, 1.165) is 18.0 Å². The Morgan fingerprint density at radius 2 is 1.74 bits per heavy atom. The molecule has 0 bridgehead atoms. The first-order chi connectivity index (χ1) is 13.1. The van der Waals surface area contributed by atoms with Gasteiger partial charge in [-0.15, -0.1) is 11.8 Å². The Morgan fingerprint density at radius 1 is 1.07 bits per heavy atom. The number of carbonyl (C=O) groups is 2. The fourth-order valence-electron chi connectivity index (χ4n) is 2.93. The topological polar surface area (TPSA) is 58.6 Å². The Morgan fingerprint density at radius 3 is 2.41 bits per heavy atom. The summed E-state index contributed by atoms with van der Waals surface area (Å²) in [5, 5.41) is 2.39. The van der Waals surface area contributed by atoms with Crippen LogP contribution in [0.4, 0.5) is 11.4 Å². The molecule has 5 nitrogen and oxygen atoms in total. The molecular weight excluding hydrogens is 360 g/mol. The van der Waals surface area contributed by atoms with Gasteiger partial charge in [0.05, 0.1) is 0 Å². The summed E-state index contributed by atoms with van der Waals surface area (Å²) in [7, 11) is 0. The fourth-order valence-corrected chi connectivity index (χ4v) is 3.82. The molecule has 0 aliphatic carbocycles. The van der Waals surface area contributed by atoms with Crippen LogP contribution >= 0.6 is 11.8 Å². The lowest BCUT2D eigenvalue weighted by molar-refractivity contribution is -0.146. The molecule has 0 radical (unpaired) electrons. The highest BCUT2D eigenvalue weighted by Gasteiger charge is 2.17. The van der Waals surface area contributed by atoms with E-state index in [0.29, 0.717) is 5.69 Å². The maximum absolute atomic E-state index is 12.1. The summed E-state index contributed by atoms with van der Waals surface area (Å²) in [5.41, 5.74) is 1.87. The van der Waals surface area contributed by atoms with Crippen molar-refractivity contribution in [2.24, 2.45) is 0 Å². The first kappa shape index (κ1) is 19.3. The predicted octanol–water partition coefficient (Wildman–Crippen LogP) is 3.95. The van der Waals surface area contributed by atoms with Crippen molar-refractivity contribution >= 4 is 35.0 Å². The van der Waals surface area contributed by atoms with Gasteiger partial charge in [-0.3, -0.25) is 9.59 Å². The second-order valence-corrected chi connectivity index (χ2v) is 7.88. The lowest BCUT2D eigenvalue weighted by atomic mass is 10.2. The Bertz CT molecular complexity index is 759. The van der Waals surface area contributed by atoms with E-state index < -0.39 is 5.97 Å². The van der Waals surface area contributed by atoms with Gasteiger partial charge in [0, 0.05) is 29.4 Å². The molecule has 1 N–H and O–H groups in total. The summed E-state index contributed by atoms with van der Waals surface area (Å²) < 4.78 is 5.13. The standard InChI is InChI=1S/C21H24N2O3S/c1-16(27-19-7-3-2-4-8-19)21(25)26-15-20(24)22-17-9-11-18(12-10-17)23-13-5-6-14-23/h2-4,7-12,16H,5-6,13-15H2,1H3,(H,22,24)/t16-/m0/s1. The first-order valence-electron chi connectivity index (χ1n) is 9.15. The Kier molecular flexibility index (Phi) is 6.76. The van der Waals surface area contributed by atoms with Crippen molar-refractivity contribution in [2.75, 3.05) is 29.9 Å². The lowest BCUT2D eigenvalue weighted by Crippen LogP contribution is -2.24. The Labute approximate surface area is 164 Å². The minimum Gasteiger partial charge on any atom is -0.455 e. The Hall–Kier alpha value is -2.47. The zero-order valence-electron chi connectivity index (χ0n) is 15.4. The van der Waals surface area contributed by atoms with Crippen LogP contribution in [0.1, 0.15) is 19.8 Å². The van der Waals surface area contributed by atoms with Crippen LogP contribution in [-0.4, -0.2) is 36.8 Å². The maximum Gasteiger partial charge on any atom is 0.319 e. The fraction of sp³-hybridized carbons (Fsp3) is 0.333. The molecule has 3 rings (SSSR count). The molecule has 1 fully saturated rings. The summed E-state index contributed by atoms with van der Waals surface area (Å²) in [6.07, 6.45) is 2.45. The number of hydrogen-bond acceptors (Lipinski definition) is 5. The number of ether oxygens (including phenoxy) is 1. The van der Waals surface area contributed by atoms with Gasteiger partial charge >= 0.3 is 5.97 Å². The van der Waals surface area contributed by atoms with E-state index in [9.17, 15) is 9.59 Å². The smallest absolute Gasteiger partial charge is 0.319 e. The zero-order chi connectivity index (χ0) is 19.1. The van der Waals surface area contributed by atoms with Gasteiger partial charge in [0.25, 0.3) is 5.91 Å². The van der Waals surface area contributed by atoms with Gasteiger partial charge in [-0.25, -0.2) is 0 Å². The number of nitrogens with zero attached hydrogens (tertiary/aromatic N) is 1. The van der Waals surface area contributed by atoms with Crippen molar-refractivity contribution in [1.82, 2.24) is 0 Å². The van der Waals surface area contributed by atoms with Crippen LogP contribution in [0.25, 0.3) is 0 Å².